The highest BCUT2D eigenvalue weighted by atomic mass is 19.1. The standard InChI is InChI=1S/C12H15F/c1-4-9(3)11-7-6-10(5-2)12(13)8-11/h4,6-8H,5H2,1-3H3. The number of halogens is 1. The third-order valence-electron chi connectivity index (χ3n) is 2.32. The minimum Gasteiger partial charge on any atom is -0.207 e. The molecule has 0 spiro atoms. The Morgan fingerprint density at radius 1 is 1.46 bits per heavy atom. The number of allylic oxidation sites excluding steroid dienone is 2. The first-order valence-corrected chi connectivity index (χ1v) is 4.60. The van der Waals surface area contributed by atoms with Crippen LogP contribution in [0.15, 0.2) is 24.3 Å². The Morgan fingerprint density at radius 3 is 2.62 bits per heavy atom. The van der Waals surface area contributed by atoms with Gasteiger partial charge in [-0.1, -0.05) is 25.1 Å². The zero-order valence-electron chi connectivity index (χ0n) is 8.39. The van der Waals surface area contributed by atoms with Crippen LogP contribution in [0.5, 0.6) is 0 Å². The van der Waals surface area contributed by atoms with E-state index in [0.717, 1.165) is 23.1 Å². The molecule has 0 fully saturated rings. The lowest BCUT2D eigenvalue weighted by Crippen LogP contribution is -1.89. The monoisotopic (exact) mass is 178 g/mol. The van der Waals surface area contributed by atoms with Gasteiger partial charge in [0.2, 0.25) is 0 Å². The predicted octanol–water partition coefficient (Wildman–Crippen LogP) is 3.81. The first-order valence-electron chi connectivity index (χ1n) is 4.60. The van der Waals surface area contributed by atoms with E-state index in [0.29, 0.717) is 0 Å². The fourth-order valence-corrected chi connectivity index (χ4v) is 1.25. The molecule has 0 unspecified atom stereocenters. The van der Waals surface area contributed by atoms with Crippen LogP contribution in [0.1, 0.15) is 31.9 Å². The Bertz CT molecular complexity index is 324. The summed E-state index contributed by atoms with van der Waals surface area (Å²) >= 11 is 0. The Morgan fingerprint density at radius 2 is 2.15 bits per heavy atom. The van der Waals surface area contributed by atoms with Gasteiger partial charge in [0.25, 0.3) is 0 Å². The van der Waals surface area contributed by atoms with Crippen LogP contribution in [-0.2, 0) is 6.42 Å². The fourth-order valence-electron chi connectivity index (χ4n) is 1.25. The highest BCUT2D eigenvalue weighted by Crippen LogP contribution is 2.17. The third-order valence-corrected chi connectivity index (χ3v) is 2.32. The van der Waals surface area contributed by atoms with E-state index in [1.807, 2.05) is 39.0 Å². The van der Waals surface area contributed by atoms with Crippen molar-refractivity contribution in [2.75, 3.05) is 0 Å². The van der Waals surface area contributed by atoms with E-state index in [1.54, 1.807) is 6.07 Å². The van der Waals surface area contributed by atoms with Crippen molar-refractivity contribution < 1.29 is 4.39 Å². The second kappa shape index (κ2) is 4.22. The molecule has 0 saturated carbocycles. The summed E-state index contributed by atoms with van der Waals surface area (Å²) in [7, 11) is 0. The molecule has 0 bridgehead atoms. The van der Waals surface area contributed by atoms with Crippen LogP contribution in [0, 0.1) is 5.82 Å². The summed E-state index contributed by atoms with van der Waals surface area (Å²) in [5.41, 5.74) is 2.87. The van der Waals surface area contributed by atoms with Crippen LogP contribution in [-0.4, -0.2) is 0 Å². The van der Waals surface area contributed by atoms with Gasteiger partial charge in [0.1, 0.15) is 5.82 Å². The van der Waals surface area contributed by atoms with E-state index < -0.39 is 0 Å². The predicted molar refractivity (Wildman–Crippen MR) is 55.1 cm³/mol. The van der Waals surface area contributed by atoms with Crippen LogP contribution in [0.3, 0.4) is 0 Å². The molecule has 0 saturated heterocycles. The van der Waals surface area contributed by atoms with Gasteiger partial charge in [-0.05, 0) is 43.0 Å². The first-order chi connectivity index (χ1) is 6.19. The summed E-state index contributed by atoms with van der Waals surface area (Å²) in [4.78, 5) is 0. The van der Waals surface area contributed by atoms with Crippen molar-refractivity contribution in [3.8, 4) is 0 Å². The molecule has 0 aliphatic rings. The molecule has 0 nitrogen and oxygen atoms in total. The second-order valence-corrected chi connectivity index (χ2v) is 3.13. The van der Waals surface area contributed by atoms with Crippen LogP contribution in [0.4, 0.5) is 4.39 Å². The van der Waals surface area contributed by atoms with E-state index in [-0.39, 0.29) is 5.82 Å². The van der Waals surface area contributed by atoms with Crippen molar-refractivity contribution in [3.05, 3.63) is 41.2 Å². The summed E-state index contributed by atoms with van der Waals surface area (Å²) in [5.74, 6) is -0.0961. The lowest BCUT2D eigenvalue weighted by atomic mass is 10.0. The highest BCUT2D eigenvalue weighted by molar-refractivity contribution is 5.63. The molecule has 70 valence electrons. The largest absolute Gasteiger partial charge is 0.207 e. The molecule has 0 amide bonds. The van der Waals surface area contributed by atoms with Gasteiger partial charge in [0.15, 0.2) is 0 Å². The van der Waals surface area contributed by atoms with Crippen molar-refractivity contribution >= 4 is 5.57 Å². The van der Waals surface area contributed by atoms with Gasteiger partial charge in [-0.25, -0.2) is 4.39 Å². The minimum atomic E-state index is -0.0961. The molecule has 1 rings (SSSR count). The molecule has 0 N–H and O–H groups in total. The number of rotatable bonds is 2. The molecular formula is C12H15F. The maximum atomic E-state index is 13.3. The Kier molecular flexibility index (Phi) is 3.24. The van der Waals surface area contributed by atoms with Crippen LogP contribution >= 0.6 is 0 Å². The van der Waals surface area contributed by atoms with E-state index in [9.17, 15) is 4.39 Å². The number of benzene rings is 1. The summed E-state index contributed by atoms with van der Waals surface area (Å²) in [6.07, 6.45) is 2.74. The highest BCUT2D eigenvalue weighted by Gasteiger charge is 2.01. The second-order valence-electron chi connectivity index (χ2n) is 3.13. The molecule has 0 aliphatic heterocycles. The topological polar surface area (TPSA) is 0 Å². The lowest BCUT2D eigenvalue weighted by molar-refractivity contribution is 0.611. The molecule has 0 radical (unpaired) electrons. The Labute approximate surface area is 79.1 Å². The van der Waals surface area contributed by atoms with E-state index in [4.69, 9.17) is 0 Å². The average molecular weight is 178 g/mol. The maximum absolute atomic E-state index is 13.3. The lowest BCUT2D eigenvalue weighted by Gasteiger charge is -2.04. The van der Waals surface area contributed by atoms with Gasteiger partial charge in [0, 0.05) is 0 Å². The molecule has 13 heavy (non-hydrogen) atoms. The van der Waals surface area contributed by atoms with Gasteiger partial charge in [-0.2, -0.15) is 0 Å². The Hall–Kier alpha value is -1.11. The summed E-state index contributed by atoms with van der Waals surface area (Å²) in [5, 5.41) is 0. The van der Waals surface area contributed by atoms with Gasteiger partial charge < -0.3 is 0 Å². The third kappa shape index (κ3) is 2.18. The molecule has 0 heterocycles. The van der Waals surface area contributed by atoms with Crippen LogP contribution < -0.4 is 0 Å². The van der Waals surface area contributed by atoms with Crippen LogP contribution in [0.2, 0.25) is 0 Å². The average Bonchev–Trinajstić information content (AvgIpc) is 2.16. The van der Waals surface area contributed by atoms with Gasteiger partial charge in [-0.15, -0.1) is 0 Å². The van der Waals surface area contributed by atoms with Crippen molar-refractivity contribution in [2.45, 2.75) is 27.2 Å². The SMILES string of the molecule is CC=C(C)c1ccc(CC)c(F)c1. The van der Waals surface area contributed by atoms with E-state index >= 15 is 0 Å². The van der Waals surface area contributed by atoms with Crippen LogP contribution in [0.25, 0.3) is 5.57 Å². The maximum Gasteiger partial charge on any atom is 0.126 e. The summed E-state index contributed by atoms with van der Waals surface area (Å²) < 4.78 is 13.3. The molecule has 0 aliphatic carbocycles. The molecular weight excluding hydrogens is 163 g/mol. The minimum absolute atomic E-state index is 0.0961. The van der Waals surface area contributed by atoms with Crippen molar-refractivity contribution in [1.82, 2.24) is 0 Å². The summed E-state index contributed by atoms with van der Waals surface area (Å²) in [6, 6.07) is 5.43. The van der Waals surface area contributed by atoms with Crippen molar-refractivity contribution in [1.29, 1.82) is 0 Å². The molecule has 0 atom stereocenters. The first kappa shape index (κ1) is 9.97. The number of hydrogen-bond donors (Lipinski definition) is 0. The van der Waals surface area contributed by atoms with Crippen molar-refractivity contribution in [3.63, 3.8) is 0 Å². The number of aryl methyl sites for hydroxylation is 1. The quantitative estimate of drug-likeness (QED) is 0.646. The van der Waals surface area contributed by atoms with E-state index in [2.05, 4.69) is 0 Å². The van der Waals surface area contributed by atoms with Gasteiger partial charge in [0.05, 0.1) is 0 Å². The Balaban J connectivity index is 3.10. The molecule has 1 aromatic carbocycles. The van der Waals surface area contributed by atoms with Gasteiger partial charge >= 0.3 is 0 Å². The van der Waals surface area contributed by atoms with Crippen molar-refractivity contribution in [2.24, 2.45) is 0 Å². The van der Waals surface area contributed by atoms with Gasteiger partial charge in [-0.3, -0.25) is 0 Å². The molecule has 1 heteroatoms. The fraction of sp³-hybridized carbons (Fsp3) is 0.333. The number of hydrogen-bond acceptors (Lipinski definition) is 0. The van der Waals surface area contributed by atoms with E-state index in [1.165, 1.54) is 0 Å². The smallest absolute Gasteiger partial charge is 0.126 e. The zero-order chi connectivity index (χ0) is 9.84. The molecule has 1 aromatic rings. The normalized spacial score (nSPS) is 11.8. The molecule has 0 aromatic heterocycles. The zero-order valence-corrected chi connectivity index (χ0v) is 8.39. The summed E-state index contributed by atoms with van der Waals surface area (Å²) in [6.45, 7) is 5.90.